The van der Waals surface area contributed by atoms with Crippen LogP contribution < -0.4 is 11.2 Å². The molecule has 2 heterocycles. The van der Waals surface area contributed by atoms with Crippen molar-refractivity contribution in [1.29, 1.82) is 0 Å². The fraction of sp³-hybridized carbons (Fsp3) is 0.250. The third-order valence-electron chi connectivity index (χ3n) is 4.75. The molecule has 4 N–H and O–H groups in total. The molecule has 1 amide bonds. The van der Waals surface area contributed by atoms with Crippen LogP contribution in [0.2, 0.25) is 0 Å². The summed E-state index contributed by atoms with van der Waals surface area (Å²) in [6.45, 7) is 0.931. The van der Waals surface area contributed by atoms with Gasteiger partial charge in [0.1, 0.15) is 12.4 Å². The number of aromatic amines is 1. The lowest BCUT2D eigenvalue weighted by Crippen LogP contribution is -2.21. The molecule has 5 nitrogen and oxygen atoms in total. The van der Waals surface area contributed by atoms with Crippen LogP contribution in [0.1, 0.15) is 34.3 Å². The van der Waals surface area contributed by atoms with Crippen LogP contribution in [0, 0.1) is 5.82 Å². The van der Waals surface area contributed by atoms with E-state index in [1.807, 2.05) is 12.1 Å². The molecule has 6 heteroatoms. The van der Waals surface area contributed by atoms with E-state index >= 15 is 0 Å². The zero-order valence-electron chi connectivity index (χ0n) is 14.3. The minimum Gasteiger partial charge on any atom is -0.354 e. The second kappa shape index (κ2) is 6.90. The van der Waals surface area contributed by atoms with Crippen molar-refractivity contribution in [2.45, 2.75) is 25.9 Å². The molecule has 3 aromatic rings. The number of hydrogen-bond acceptors (Lipinski definition) is 3. The average Bonchev–Trinajstić information content (AvgIpc) is 2.91. The standard InChI is InChI=1S/C20H20FN3O2/c21-14-9-15-18-16(11-26-24-20(15)25)19(23-17(18)10-14)13-6-4-12(5-7-13)3-1-2-8-22/h4-7,9-10,23H,1-3,8,11,22H2,(H,24,25). The monoisotopic (exact) mass is 353 g/mol. The van der Waals surface area contributed by atoms with Crippen LogP contribution in [0.15, 0.2) is 36.4 Å². The minimum atomic E-state index is -0.459. The van der Waals surface area contributed by atoms with Crippen LogP contribution in [0.3, 0.4) is 0 Å². The molecule has 0 bridgehead atoms. The molecule has 0 spiro atoms. The van der Waals surface area contributed by atoms with Gasteiger partial charge in [-0.15, -0.1) is 0 Å². The first-order valence-electron chi connectivity index (χ1n) is 8.73. The number of carbonyl (C=O) groups is 1. The highest BCUT2D eigenvalue weighted by atomic mass is 19.1. The number of halogens is 1. The molecule has 1 aliphatic heterocycles. The van der Waals surface area contributed by atoms with Gasteiger partial charge in [0.25, 0.3) is 5.91 Å². The topological polar surface area (TPSA) is 80.1 Å². The van der Waals surface area contributed by atoms with E-state index in [4.69, 9.17) is 10.6 Å². The van der Waals surface area contributed by atoms with Crippen molar-refractivity contribution in [3.63, 3.8) is 0 Å². The molecule has 0 saturated heterocycles. The summed E-state index contributed by atoms with van der Waals surface area (Å²) in [5.41, 5.74) is 12.7. The van der Waals surface area contributed by atoms with Crippen molar-refractivity contribution < 1.29 is 14.0 Å². The number of aryl methyl sites for hydroxylation is 1. The Balaban J connectivity index is 1.76. The van der Waals surface area contributed by atoms with E-state index < -0.39 is 11.7 Å². The Morgan fingerprint density at radius 1 is 1.15 bits per heavy atom. The lowest BCUT2D eigenvalue weighted by Gasteiger charge is -2.06. The molecular formula is C20H20FN3O2. The predicted octanol–water partition coefficient (Wildman–Crippen LogP) is 3.43. The molecule has 1 aromatic heterocycles. The highest BCUT2D eigenvalue weighted by Gasteiger charge is 2.24. The van der Waals surface area contributed by atoms with Gasteiger partial charge in [0.2, 0.25) is 0 Å². The van der Waals surface area contributed by atoms with Gasteiger partial charge in [-0.25, -0.2) is 9.87 Å². The van der Waals surface area contributed by atoms with Crippen molar-refractivity contribution >= 4 is 16.8 Å². The minimum absolute atomic E-state index is 0.220. The van der Waals surface area contributed by atoms with Gasteiger partial charge in [0, 0.05) is 16.5 Å². The van der Waals surface area contributed by atoms with Gasteiger partial charge in [-0.3, -0.25) is 9.63 Å². The first-order chi connectivity index (χ1) is 12.7. The third-order valence-corrected chi connectivity index (χ3v) is 4.75. The molecule has 26 heavy (non-hydrogen) atoms. The molecule has 0 atom stereocenters. The quantitative estimate of drug-likeness (QED) is 0.615. The van der Waals surface area contributed by atoms with Crippen LogP contribution in [0.25, 0.3) is 22.2 Å². The summed E-state index contributed by atoms with van der Waals surface area (Å²) in [6, 6.07) is 10.9. The summed E-state index contributed by atoms with van der Waals surface area (Å²) < 4.78 is 13.9. The van der Waals surface area contributed by atoms with Crippen LogP contribution >= 0.6 is 0 Å². The van der Waals surface area contributed by atoms with Gasteiger partial charge >= 0.3 is 0 Å². The summed E-state index contributed by atoms with van der Waals surface area (Å²) in [4.78, 5) is 20.7. The molecule has 0 aliphatic carbocycles. The summed E-state index contributed by atoms with van der Waals surface area (Å²) >= 11 is 0. The maximum atomic E-state index is 13.9. The van der Waals surface area contributed by atoms with E-state index in [0.29, 0.717) is 17.4 Å². The Labute approximate surface area is 150 Å². The number of hydrogen-bond donors (Lipinski definition) is 3. The number of benzene rings is 2. The zero-order valence-corrected chi connectivity index (χ0v) is 14.3. The lowest BCUT2D eigenvalue weighted by molar-refractivity contribution is 0.0255. The second-order valence-corrected chi connectivity index (χ2v) is 6.52. The van der Waals surface area contributed by atoms with Crippen molar-refractivity contribution in [1.82, 2.24) is 10.5 Å². The number of nitrogens with one attached hydrogen (secondary N) is 2. The number of H-pyrrole nitrogens is 1. The van der Waals surface area contributed by atoms with Crippen LogP contribution in [0.5, 0.6) is 0 Å². The fourth-order valence-corrected chi connectivity index (χ4v) is 3.48. The van der Waals surface area contributed by atoms with E-state index in [1.165, 1.54) is 17.7 Å². The molecule has 0 saturated carbocycles. The first kappa shape index (κ1) is 16.8. The third kappa shape index (κ3) is 2.98. The van der Waals surface area contributed by atoms with Crippen LogP contribution in [0.4, 0.5) is 4.39 Å². The molecule has 4 rings (SSSR count). The van der Waals surface area contributed by atoms with Crippen molar-refractivity contribution in [3.05, 3.63) is 58.9 Å². The Morgan fingerprint density at radius 2 is 1.96 bits per heavy atom. The van der Waals surface area contributed by atoms with E-state index in [2.05, 4.69) is 22.6 Å². The Morgan fingerprint density at radius 3 is 2.73 bits per heavy atom. The Kier molecular flexibility index (Phi) is 4.44. The summed E-state index contributed by atoms with van der Waals surface area (Å²) in [6.07, 6.45) is 3.08. The van der Waals surface area contributed by atoms with E-state index in [-0.39, 0.29) is 12.2 Å². The molecule has 2 aromatic carbocycles. The van der Waals surface area contributed by atoms with Crippen molar-refractivity contribution in [2.24, 2.45) is 5.73 Å². The smallest absolute Gasteiger partial charge is 0.275 e. The van der Waals surface area contributed by atoms with E-state index in [1.54, 1.807) is 0 Å². The normalized spacial score (nSPS) is 13.7. The maximum absolute atomic E-state index is 13.9. The number of rotatable bonds is 5. The van der Waals surface area contributed by atoms with Gasteiger partial charge < -0.3 is 10.7 Å². The van der Waals surface area contributed by atoms with E-state index in [9.17, 15) is 9.18 Å². The molecular weight excluding hydrogens is 333 g/mol. The van der Waals surface area contributed by atoms with E-state index in [0.717, 1.165) is 36.1 Å². The summed E-state index contributed by atoms with van der Waals surface area (Å²) in [5, 5.41) is 0.712. The Bertz CT molecular complexity index is 963. The average molecular weight is 353 g/mol. The number of amides is 1. The Hall–Kier alpha value is -2.70. The number of carbonyl (C=O) groups excluding carboxylic acids is 1. The first-order valence-corrected chi connectivity index (χ1v) is 8.73. The zero-order chi connectivity index (χ0) is 18.1. The SMILES string of the molecule is NCCCCc1ccc(-c2[nH]c3cc(F)cc4c3c2CONC4=O)cc1. The van der Waals surface area contributed by atoms with Gasteiger partial charge in [-0.05, 0) is 49.1 Å². The van der Waals surface area contributed by atoms with Crippen molar-refractivity contribution in [2.75, 3.05) is 6.54 Å². The number of hydroxylamine groups is 1. The highest BCUT2D eigenvalue weighted by molar-refractivity contribution is 6.09. The summed E-state index contributed by atoms with van der Waals surface area (Å²) in [7, 11) is 0. The molecule has 0 radical (unpaired) electrons. The fourth-order valence-electron chi connectivity index (χ4n) is 3.48. The molecule has 0 unspecified atom stereocenters. The van der Waals surface area contributed by atoms with Gasteiger partial charge in [-0.1, -0.05) is 24.3 Å². The number of nitrogens with two attached hydrogens (primary N) is 1. The number of unbranched alkanes of at least 4 members (excludes halogenated alkanes) is 1. The number of aromatic nitrogens is 1. The molecule has 0 fully saturated rings. The lowest BCUT2D eigenvalue weighted by atomic mass is 10.0. The van der Waals surface area contributed by atoms with Crippen molar-refractivity contribution in [3.8, 4) is 11.3 Å². The summed E-state index contributed by atoms with van der Waals surface area (Å²) in [5.74, 6) is -0.895. The highest BCUT2D eigenvalue weighted by Crippen LogP contribution is 2.35. The van der Waals surface area contributed by atoms with Crippen LogP contribution in [-0.4, -0.2) is 17.4 Å². The molecule has 1 aliphatic rings. The molecule has 134 valence electrons. The van der Waals surface area contributed by atoms with Gasteiger partial charge in [0.05, 0.1) is 11.3 Å². The predicted molar refractivity (Wildman–Crippen MR) is 97.9 cm³/mol. The van der Waals surface area contributed by atoms with Gasteiger partial charge in [-0.2, -0.15) is 0 Å². The largest absolute Gasteiger partial charge is 0.354 e. The van der Waals surface area contributed by atoms with Gasteiger partial charge in [0.15, 0.2) is 0 Å². The maximum Gasteiger partial charge on any atom is 0.275 e. The second-order valence-electron chi connectivity index (χ2n) is 6.52. The van der Waals surface area contributed by atoms with Crippen LogP contribution in [-0.2, 0) is 17.9 Å².